The molecule has 1 rings (SSSR count). The minimum atomic E-state index is 1.14. The lowest BCUT2D eigenvalue weighted by molar-refractivity contribution is 0.607. The Labute approximate surface area is 104 Å². The van der Waals surface area contributed by atoms with Gasteiger partial charge < -0.3 is 0 Å². The molecule has 0 saturated heterocycles. The van der Waals surface area contributed by atoms with Gasteiger partial charge in [-0.2, -0.15) is 0 Å². The van der Waals surface area contributed by atoms with Gasteiger partial charge in [-0.1, -0.05) is 46.0 Å². The molecule has 0 atom stereocenters. The molecule has 1 aromatic heterocycles. The summed E-state index contributed by atoms with van der Waals surface area (Å²) in [6.45, 7) is 6.62. The summed E-state index contributed by atoms with van der Waals surface area (Å²) in [7, 11) is 0. The van der Waals surface area contributed by atoms with Crippen LogP contribution < -0.4 is 0 Å². The Morgan fingerprint density at radius 1 is 1.00 bits per heavy atom. The van der Waals surface area contributed by atoms with Gasteiger partial charge in [0.05, 0.1) is 10.7 Å². The largest absolute Gasteiger partial charge is 0.246 e. The highest BCUT2D eigenvalue weighted by atomic mass is 32.1. The first-order valence-corrected chi connectivity index (χ1v) is 7.54. The summed E-state index contributed by atoms with van der Waals surface area (Å²) in [4.78, 5) is 6.11. The molecule has 0 aliphatic rings. The molecule has 0 radical (unpaired) electrons. The quantitative estimate of drug-likeness (QED) is 0.587. The maximum atomic E-state index is 4.63. The molecule has 0 saturated carbocycles. The average Bonchev–Trinajstić information content (AvgIpc) is 2.64. The van der Waals surface area contributed by atoms with E-state index in [2.05, 4.69) is 25.8 Å². The van der Waals surface area contributed by atoms with E-state index in [1.165, 1.54) is 60.5 Å². The van der Waals surface area contributed by atoms with Gasteiger partial charge in [-0.25, -0.2) is 4.98 Å². The molecule has 16 heavy (non-hydrogen) atoms. The second kappa shape index (κ2) is 7.83. The molecule has 0 aliphatic carbocycles. The Morgan fingerprint density at radius 2 is 1.69 bits per heavy atom. The summed E-state index contributed by atoms with van der Waals surface area (Å²) >= 11 is 1.92. The number of rotatable bonds is 8. The molecule has 0 bridgehead atoms. The molecule has 1 aromatic rings. The zero-order valence-corrected chi connectivity index (χ0v) is 11.8. The van der Waals surface area contributed by atoms with Crippen molar-refractivity contribution in [3.63, 3.8) is 0 Å². The highest BCUT2D eigenvalue weighted by Gasteiger charge is 2.04. The molecule has 1 heterocycles. The second-order valence-corrected chi connectivity index (χ2v) is 5.66. The molecule has 0 aromatic carbocycles. The molecule has 0 amide bonds. The third-order valence-corrected chi connectivity index (χ3v) is 4.36. The molecule has 0 spiro atoms. The number of unbranched alkanes of at least 4 members (excludes halogenated alkanes) is 5. The van der Waals surface area contributed by atoms with Gasteiger partial charge in [0.25, 0.3) is 0 Å². The maximum Gasteiger partial charge on any atom is 0.0930 e. The Hall–Kier alpha value is -0.370. The van der Waals surface area contributed by atoms with Crippen LogP contribution in [0.5, 0.6) is 0 Å². The lowest BCUT2D eigenvalue weighted by atomic mass is 10.1. The van der Waals surface area contributed by atoms with E-state index in [0.717, 1.165) is 6.42 Å². The van der Waals surface area contributed by atoms with Gasteiger partial charge in [0.2, 0.25) is 0 Å². The zero-order valence-electron chi connectivity index (χ0n) is 11.0. The third-order valence-electron chi connectivity index (χ3n) is 3.00. The molecular weight excluding hydrogens is 214 g/mol. The minimum Gasteiger partial charge on any atom is -0.246 e. The molecule has 0 unspecified atom stereocenters. The SMILES string of the molecule is CCCCCCCCc1nc(C)c(CC)s1. The summed E-state index contributed by atoms with van der Waals surface area (Å²) in [5.41, 5.74) is 1.26. The van der Waals surface area contributed by atoms with Crippen molar-refractivity contribution in [2.75, 3.05) is 0 Å². The van der Waals surface area contributed by atoms with Crippen molar-refractivity contribution in [3.8, 4) is 0 Å². The topological polar surface area (TPSA) is 12.9 Å². The van der Waals surface area contributed by atoms with Crippen LogP contribution in [0.15, 0.2) is 0 Å². The van der Waals surface area contributed by atoms with E-state index in [1.54, 1.807) is 0 Å². The van der Waals surface area contributed by atoms with Crippen LogP contribution >= 0.6 is 11.3 Å². The van der Waals surface area contributed by atoms with Gasteiger partial charge in [0.1, 0.15) is 0 Å². The van der Waals surface area contributed by atoms with Gasteiger partial charge in [-0.15, -0.1) is 11.3 Å². The first-order valence-electron chi connectivity index (χ1n) is 6.73. The Bertz CT molecular complexity index is 291. The highest BCUT2D eigenvalue weighted by Crippen LogP contribution is 2.20. The van der Waals surface area contributed by atoms with E-state index in [0.29, 0.717) is 0 Å². The molecule has 2 heteroatoms. The lowest BCUT2D eigenvalue weighted by Gasteiger charge is -1.98. The van der Waals surface area contributed by atoms with E-state index in [9.17, 15) is 0 Å². The van der Waals surface area contributed by atoms with E-state index in [4.69, 9.17) is 0 Å². The number of hydrogen-bond donors (Lipinski definition) is 0. The van der Waals surface area contributed by atoms with Crippen molar-refractivity contribution in [3.05, 3.63) is 15.6 Å². The van der Waals surface area contributed by atoms with Crippen LogP contribution in [0.3, 0.4) is 0 Å². The summed E-state index contributed by atoms with van der Waals surface area (Å²) in [6, 6.07) is 0. The molecule has 0 aliphatic heterocycles. The third kappa shape index (κ3) is 4.65. The lowest BCUT2D eigenvalue weighted by Crippen LogP contribution is -1.85. The predicted octanol–water partition coefficient (Wildman–Crippen LogP) is 4.92. The van der Waals surface area contributed by atoms with E-state index < -0.39 is 0 Å². The van der Waals surface area contributed by atoms with Crippen molar-refractivity contribution < 1.29 is 0 Å². The molecule has 0 fully saturated rings. The van der Waals surface area contributed by atoms with E-state index in [-0.39, 0.29) is 0 Å². The van der Waals surface area contributed by atoms with Gasteiger partial charge in [-0.05, 0) is 26.2 Å². The predicted molar refractivity (Wildman–Crippen MR) is 73.3 cm³/mol. The van der Waals surface area contributed by atoms with Crippen LogP contribution in [0.4, 0.5) is 0 Å². The van der Waals surface area contributed by atoms with Crippen LogP contribution in [0.2, 0.25) is 0 Å². The summed E-state index contributed by atoms with van der Waals surface area (Å²) in [5, 5.41) is 1.35. The fourth-order valence-electron chi connectivity index (χ4n) is 1.98. The molecular formula is C14H25NS. The second-order valence-electron chi connectivity index (χ2n) is 4.49. The van der Waals surface area contributed by atoms with Gasteiger partial charge >= 0.3 is 0 Å². The number of thiazole rings is 1. The smallest absolute Gasteiger partial charge is 0.0930 e. The number of aryl methyl sites for hydroxylation is 3. The van der Waals surface area contributed by atoms with Crippen LogP contribution in [0, 0.1) is 6.92 Å². The normalized spacial score (nSPS) is 10.9. The van der Waals surface area contributed by atoms with Crippen LogP contribution in [0.1, 0.15) is 68.0 Å². The van der Waals surface area contributed by atoms with Crippen LogP contribution in [0.25, 0.3) is 0 Å². The van der Waals surface area contributed by atoms with E-state index in [1.807, 2.05) is 11.3 Å². The maximum absolute atomic E-state index is 4.63. The standard InChI is InChI=1S/C14H25NS/c1-4-6-7-8-9-10-11-14-15-12(3)13(5-2)16-14/h4-11H2,1-3H3. The first-order chi connectivity index (χ1) is 7.77. The average molecular weight is 239 g/mol. The Balaban J connectivity index is 2.16. The van der Waals surface area contributed by atoms with Crippen molar-refractivity contribution in [1.82, 2.24) is 4.98 Å². The molecule has 0 N–H and O–H groups in total. The zero-order chi connectivity index (χ0) is 11.8. The summed E-state index contributed by atoms with van der Waals surface area (Å²) in [6.07, 6.45) is 10.6. The highest BCUT2D eigenvalue weighted by molar-refractivity contribution is 7.11. The number of nitrogens with zero attached hydrogens (tertiary/aromatic N) is 1. The van der Waals surface area contributed by atoms with E-state index >= 15 is 0 Å². The molecule has 92 valence electrons. The van der Waals surface area contributed by atoms with Gasteiger partial charge in [0.15, 0.2) is 0 Å². The Kier molecular flexibility index (Phi) is 6.70. The van der Waals surface area contributed by atoms with Crippen molar-refractivity contribution >= 4 is 11.3 Å². The fourth-order valence-corrected chi connectivity index (χ4v) is 3.03. The first kappa shape index (κ1) is 13.7. The van der Waals surface area contributed by atoms with Gasteiger partial charge in [0, 0.05) is 4.88 Å². The van der Waals surface area contributed by atoms with Crippen molar-refractivity contribution in [2.45, 2.75) is 72.1 Å². The number of hydrogen-bond acceptors (Lipinski definition) is 2. The Morgan fingerprint density at radius 3 is 2.31 bits per heavy atom. The van der Waals surface area contributed by atoms with Crippen LogP contribution in [-0.2, 0) is 12.8 Å². The fraction of sp³-hybridized carbons (Fsp3) is 0.786. The van der Waals surface area contributed by atoms with Crippen molar-refractivity contribution in [2.24, 2.45) is 0 Å². The monoisotopic (exact) mass is 239 g/mol. The summed E-state index contributed by atoms with van der Waals surface area (Å²) < 4.78 is 0. The summed E-state index contributed by atoms with van der Waals surface area (Å²) in [5.74, 6) is 0. The van der Waals surface area contributed by atoms with Gasteiger partial charge in [-0.3, -0.25) is 0 Å². The van der Waals surface area contributed by atoms with Crippen molar-refractivity contribution in [1.29, 1.82) is 0 Å². The van der Waals surface area contributed by atoms with Crippen LogP contribution in [-0.4, -0.2) is 4.98 Å². The number of aromatic nitrogens is 1. The molecule has 1 nitrogen and oxygen atoms in total. The minimum absolute atomic E-state index is 1.14.